The highest BCUT2D eigenvalue weighted by molar-refractivity contribution is 9.10. The van der Waals surface area contributed by atoms with E-state index in [0.717, 1.165) is 32.5 Å². The van der Waals surface area contributed by atoms with E-state index in [1.165, 1.54) is 0 Å². The van der Waals surface area contributed by atoms with Gasteiger partial charge in [-0.05, 0) is 48.9 Å². The molecule has 0 saturated carbocycles. The van der Waals surface area contributed by atoms with Crippen LogP contribution in [0.3, 0.4) is 0 Å². The molecule has 0 unspecified atom stereocenters. The maximum absolute atomic E-state index is 9.50. The van der Waals surface area contributed by atoms with Crippen LogP contribution in [-0.4, -0.2) is 14.7 Å². The number of rotatable bonds is 1. The van der Waals surface area contributed by atoms with Crippen molar-refractivity contribution in [1.82, 2.24) is 9.55 Å². The predicted octanol–water partition coefficient (Wildman–Crippen LogP) is 4.02. The molecule has 0 aliphatic heterocycles. The minimum Gasteiger partial charge on any atom is -0.508 e. The van der Waals surface area contributed by atoms with Gasteiger partial charge in [-0.25, -0.2) is 4.98 Å². The summed E-state index contributed by atoms with van der Waals surface area (Å²) in [5.74, 6) is 1.19. The summed E-state index contributed by atoms with van der Waals surface area (Å²) < 4.78 is 3.09. The van der Waals surface area contributed by atoms with E-state index in [4.69, 9.17) is 0 Å². The first-order valence-corrected chi connectivity index (χ1v) is 6.77. The summed E-state index contributed by atoms with van der Waals surface area (Å²) in [7, 11) is 2.00. The van der Waals surface area contributed by atoms with Gasteiger partial charge in [-0.3, -0.25) is 0 Å². The SMILES string of the molecule is Cc1cc(O)ccc1-c1nc2cc(Br)ccc2n1C. The maximum atomic E-state index is 9.50. The molecule has 3 rings (SSSR count). The van der Waals surface area contributed by atoms with Crippen LogP contribution in [-0.2, 0) is 7.05 Å². The Balaban J connectivity index is 2.27. The van der Waals surface area contributed by atoms with Crippen LogP contribution < -0.4 is 0 Å². The van der Waals surface area contributed by atoms with Crippen LogP contribution in [0.25, 0.3) is 22.4 Å². The highest BCUT2D eigenvalue weighted by atomic mass is 79.9. The van der Waals surface area contributed by atoms with E-state index < -0.39 is 0 Å². The zero-order valence-electron chi connectivity index (χ0n) is 10.7. The first kappa shape index (κ1) is 12.2. The van der Waals surface area contributed by atoms with Gasteiger partial charge in [-0.2, -0.15) is 0 Å². The lowest BCUT2D eigenvalue weighted by molar-refractivity contribution is 0.475. The fraction of sp³-hybridized carbons (Fsp3) is 0.133. The highest BCUT2D eigenvalue weighted by Gasteiger charge is 2.12. The largest absolute Gasteiger partial charge is 0.508 e. The summed E-state index contributed by atoms with van der Waals surface area (Å²) in [5, 5.41) is 9.50. The summed E-state index contributed by atoms with van der Waals surface area (Å²) in [6.07, 6.45) is 0. The smallest absolute Gasteiger partial charge is 0.141 e. The number of halogens is 1. The Morgan fingerprint density at radius 2 is 1.95 bits per heavy atom. The second-order valence-corrected chi connectivity index (χ2v) is 5.54. The Kier molecular flexibility index (Phi) is 2.82. The molecule has 3 aromatic rings. The number of benzene rings is 2. The second-order valence-electron chi connectivity index (χ2n) is 4.63. The monoisotopic (exact) mass is 316 g/mol. The third-order valence-corrected chi connectivity index (χ3v) is 3.79. The quantitative estimate of drug-likeness (QED) is 0.736. The fourth-order valence-electron chi connectivity index (χ4n) is 2.31. The van der Waals surface area contributed by atoms with Crippen LogP contribution in [0.1, 0.15) is 5.56 Å². The van der Waals surface area contributed by atoms with Gasteiger partial charge in [0, 0.05) is 17.1 Å². The van der Waals surface area contributed by atoms with Crippen LogP contribution in [0.4, 0.5) is 0 Å². The molecule has 1 heterocycles. The normalized spacial score (nSPS) is 11.1. The molecule has 19 heavy (non-hydrogen) atoms. The van der Waals surface area contributed by atoms with Gasteiger partial charge in [0.1, 0.15) is 11.6 Å². The average Bonchev–Trinajstić information content (AvgIpc) is 2.66. The Hall–Kier alpha value is -1.81. The predicted molar refractivity (Wildman–Crippen MR) is 80.3 cm³/mol. The van der Waals surface area contributed by atoms with Crippen molar-refractivity contribution in [2.75, 3.05) is 0 Å². The first-order valence-electron chi connectivity index (χ1n) is 5.98. The summed E-state index contributed by atoms with van der Waals surface area (Å²) in [5.41, 5.74) is 4.09. The maximum Gasteiger partial charge on any atom is 0.141 e. The Bertz CT molecular complexity index is 777. The van der Waals surface area contributed by atoms with Gasteiger partial charge in [0.15, 0.2) is 0 Å². The number of imidazole rings is 1. The molecule has 0 radical (unpaired) electrons. The van der Waals surface area contributed by atoms with Crippen molar-refractivity contribution in [3.63, 3.8) is 0 Å². The van der Waals surface area contributed by atoms with Crippen LogP contribution >= 0.6 is 15.9 Å². The summed E-state index contributed by atoms with van der Waals surface area (Å²) in [6, 6.07) is 11.4. The van der Waals surface area contributed by atoms with Crippen molar-refractivity contribution in [2.24, 2.45) is 7.05 Å². The summed E-state index contributed by atoms with van der Waals surface area (Å²) in [6.45, 7) is 1.98. The second kappa shape index (κ2) is 4.38. The number of aromatic hydroxyl groups is 1. The van der Waals surface area contributed by atoms with E-state index in [1.807, 2.05) is 38.2 Å². The molecule has 0 spiro atoms. The van der Waals surface area contributed by atoms with Crippen LogP contribution in [0.15, 0.2) is 40.9 Å². The molecule has 0 saturated heterocycles. The number of nitrogens with zero attached hydrogens (tertiary/aromatic N) is 2. The van der Waals surface area contributed by atoms with Crippen molar-refractivity contribution in [2.45, 2.75) is 6.92 Å². The minimum atomic E-state index is 0.280. The summed E-state index contributed by atoms with van der Waals surface area (Å²) >= 11 is 3.46. The number of hydrogen-bond acceptors (Lipinski definition) is 2. The molecule has 96 valence electrons. The van der Waals surface area contributed by atoms with Gasteiger partial charge in [-0.15, -0.1) is 0 Å². The van der Waals surface area contributed by atoms with Gasteiger partial charge >= 0.3 is 0 Å². The molecule has 0 atom stereocenters. The van der Waals surface area contributed by atoms with Gasteiger partial charge in [0.2, 0.25) is 0 Å². The van der Waals surface area contributed by atoms with E-state index in [-0.39, 0.29) is 5.75 Å². The number of phenols is 1. The van der Waals surface area contributed by atoms with Gasteiger partial charge in [-0.1, -0.05) is 15.9 Å². The molecular formula is C15H13BrN2O. The van der Waals surface area contributed by atoms with Gasteiger partial charge in [0.05, 0.1) is 11.0 Å². The van der Waals surface area contributed by atoms with Crippen molar-refractivity contribution < 1.29 is 5.11 Å². The molecule has 1 N–H and O–H groups in total. The lowest BCUT2D eigenvalue weighted by atomic mass is 10.1. The van der Waals surface area contributed by atoms with Gasteiger partial charge < -0.3 is 9.67 Å². The number of fused-ring (bicyclic) bond motifs is 1. The van der Waals surface area contributed by atoms with Crippen molar-refractivity contribution in [1.29, 1.82) is 0 Å². The molecule has 1 aromatic heterocycles. The number of aryl methyl sites for hydroxylation is 2. The standard InChI is InChI=1S/C15H13BrN2O/c1-9-7-11(19)4-5-12(9)15-17-13-8-10(16)3-6-14(13)18(15)2/h3-8,19H,1-2H3. The van der Waals surface area contributed by atoms with Crippen molar-refractivity contribution >= 4 is 27.0 Å². The topological polar surface area (TPSA) is 38.1 Å². The zero-order valence-corrected chi connectivity index (χ0v) is 12.3. The third kappa shape index (κ3) is 2.02. The average molecular weight is 317 g/mol. The molecule has 3 nitrogen and oxygen atoms in total. The van der Waals surface area contributed by atoms with E-state index in [1.54, 1.807) is 12.1 Å². The molecule has 0 fully saturated rings. The molecule has 0 aliphatic rings. The number of phenolic OH excluding ortho intramolecular Hbond substituents is 1. The lowest BCUT2D eigenvalue weighted by Gasteiger charge is -2.06. The zero-order chi connectivity index (χ0) is 13.6. The summed E-state index contributed by atoms with van der Waals surface area (Å²) in [4.78, 5) is 4.69. The number of aromatic nitrogens is 2. The first-order chi connectivity index (χ1) is 9.06. The molecular weight excluding hydrogens is 304 g/mol. The molecule has 0 bridgehead atoms. The van der Waals surface area contributed by atoms with Crippen molar-refractivity contribution in [3.8, 4) is 17.1 Å². The van der Waals surface area contributed by atoms with Crippen LogP contribution in [0.5, 0.6) is 5.75 Å². The fourth-order valence-corrected chi connectivity index (χ4v) is 2.66. The van der Waals surface area contributed by atoms with E-state index in [0.29, 0.717) is 0 Å². The molecule has 4 heteroatoms. The van der Waals surface area contributed by atoms with Crippen LogP contribution in [0.2, 0.25) is 0 Å². The van der Waals surface area contributed by atoms with Crippen molar-refractivity contribution in [3.05, 3.63) is 46.4 Å². The molecule has 0 amide bonds. The minimum absolute atomic E-state index is 0.280. The van der Waals surface area contributed by atoms with E-state index >= 15 is 0 Å². The van der Waals surface area contributed by atoms with Crippen LogP contribution in [0, 0.1) is 6.92 Å². The molecule has 2 aromatic carbocycles. The Morgan fingerprint density at radius 1 is 1.16 bits per heavy atom. The van der Waals surface area contributed by atoms with E-state index in [9.17, 15) is 5.11 Å². The Morgan fingerprint density at radius 3 is 2.68 bits per heavy atom. The number of hydrogen-bond donors (Lipinski definition) is 1. The lowest BCUT2D eigenvalue weighted by Crippen LogP contribution is -1.94. The third-order valence-electron chi connectivity index (χ3n) is 3.29. The molecule has 0 aliphatic carbocycles. The van der Waals surface area contributed by atoms with Gasteiger partial charge in [0.25, 0.3) is 0 Å². The van der Waals surface area contributed by atoms with E-state index in [2.05, 4.69) is 25.5 Å². The Labute approximate surface area is 119 Å². The highest BCUT2D eigenvalue weighted by Crippen LogP contribution is 2.29.